The van der Waals surface area contributed by atoms with Crippen LogP contribution in [0.3, 0.4) is 0 Å². The highest BCUT2D eigenvalue weighted by Crippen LogP contribution is 2.25. The van der Waals surface area contributed by atoms with Crippen LogP contribution < -0.4 is 10.5 Å². The van der Waals surface area contributed by atoms with E-state index in [0.29, 0.717) is 6.42 Å². The van der Waals surface area contributed by atoms with Crippen LogP contribution in [-0.4, -0.2) is 5.84 Å². The van der Waals surface area contributed by atoms with Crippen molar-refractivity contribution < 1.29 is 4.74 Å². The van der Waals surface area contributed by atoms with Gasteiger partial charge in [0.25, 0.3) is 0 Å². The highest BCUT2D eigenvalue weighted by molar-refractivity contribution is 5.85. The van der Waals surface area contributed by atoms with Gasteiger partial charge in [0.2, 0.25) is 0 Å². The molecule has 0 saturated carbocycles. The molecule has 94 valence electrons. The van der Waals surface area contributed by atoms with Crippen molar-refractivity contribution in [2.75, 3.05) is 0 Å². The van der Waals surface area contributed by atoms with Crippen molar-refractivity contribution in [1.29, 1.82) is 5.41 Å². The molecule has 0 aliphatic carbocycles. The number of benzene rings is 2. The Morgan fingerprint density at radius 3 is 2.28 bits per heavy atom. The molecule has 0 heterocycles. The van der Waals surface area contributed by atoms with Gasteiger partial charge in [-0.3, -0.25) is 5.41 Å². The first-order valence-electron chi connectivity index (χ1n) is 5.39. The summed E-state index contributed by atoms with van der Waals surface area (Å²) in [5.41, 5.74) is 6.33. The lowest BCUT2D eigenvalue weighted by molar-refractivity contribution is 0.478. The molecule has 0 unspecified atom stereocenters. The van der Waals surface area contributed by atoms with Crippen LogP contribution in [0.15, 0.2) is 54.6 Å². The predicted molar refractivity (Wildman–Crippen MR) is 75.8 cm³/mol. The molecule has 18 heavy (non-hydrogen) atoms. The van der Waals surface area contributed by atoms with E-state index in [9.17, 15) is 0 Å². The zero-order chi connectivity index (χ0) is 12.1. The number of amidine groups is 1. The van der Waals surface area contributed by atoms with E-state index in [0.717, 1.165) is 17.1 Å². The molecule has 0 fully saturated rings. The molecule has 4 heteroatoms. The fourth-order valence-electron chi connectivity index (χ4n) is 1.57. The van der Waals surface area contributed by atoms with Crippen LogP contribution in [0.2, 0.25) is 0 Å². The van der Waals surface area contributed by atoms with Crippen molar-refractivity contribution in [3.8, 4) is 11.5 Å². The van der Waals surface area contributed by atoms with Crippen molar-refractivity contribution in [1.82, 2.24) is 0 Å². The van der Waals surface area contributed by atoms with Crippen LogP contribution in [0, 0.1) is 5.41 Å². The summed E-state index contributed by atoms with van der Waals surface area (Å²) in [6, 6.07) is 17.2. The zero-order valence-electron chi connectivity index (χ0n) is 9.80. The van der Waals surface area contributed by atoms with Crippen molar-refractivity contribution in [3.63, 3.8) is 0 Å². The Kier molecular flexibility index (Phi) is 5.21. The van der Waals surface area contributed by atoms with Crippen LogP contribution in [0.4, 0.5) is 0 Å². The van der Waals surface area contributed by atoms with Crippen LogP contribution in [-0.2, 0) is 6.42 Å². The van der Waals surface area contributed by atoms with E-state index in [4.69, 9.17) is 15.9 Å². The predicted octanol–water partition coefficient (Wildman–Crippen LogP) is 3.38. The molecule has 2 aromatic carbocycles. The molecule has 2 aromatic rings. The van der Waals surface area contributed by atoms with Gasteiger partial charge in [0.15, 0.2) is 0 Å². The lowest BCUT2D eigenvalue weighted by Crippen LogP contribution is -2.13. The number of para-hydroxylation sites is 2. The second-order valence-corrected chi connectivity index (χ2v) is 3.72. The molecular formula is C14H15ClN2O. The van der Waals surface area contributed by atoms with Crippen LogP contribution in [0.25, 0.3) is 0 Å². The van der Waals surface area contributed by atoms with Crippen LogP contribution in [0.1, 0.15) is 5.56 Å². The van der Waals surface area contributed by atoms with Gasteiger partial charge >= 0.3 is 0 Å². The van der Waals surface area contributed by atoms with Crippen molar-refractivity contribution in [3.05, 3.63) is 60.2 Å². The Labute approximate surface area is 113 Å². The molecule has 0 radical (unpaired) electrons. The summed E-state index contributed by atoms with van der Waals surface area (Å²) in [6.45, 7) is 0. The first-order valence-corrected chi connectivity index (χ1v) is 5.39. The van der Waals surface area contributed by atoms with Gasteiger partial charge in [0.1, 0.15) is 11.5 Å². The number of ether oxygens (including phenoxy) is 1. The molecule has 0 aliphatic heterocycles. The second-order valence-electron chi connectivity index (χ2n) is 3.72. The van der Waals surface area contributed by atoms with Gasteiger partial charge in [-0.05, 0) is 18.2 Å². The maximum atomic E-state index is 7.33. The Balaban J connectivity index is 0.00000162. The minimum atomic E-state index is 0. The molecule has 0 aliphatic rings. The number of hydrogen-bond donors (Lipinski definition) is 2. The van der Waals surface area contributed by atoms with Crippen molar-refractivity contribution in [2.24, 2.45) is 5.73 Å². The van der Waals surface area contributed by atoms with E-state index in [1.807, 2.05) is 54.6 Å². The maximum Gasteiger partial charge on any atom is 0.131 e. The van der Waals surface area contributed by atoms with Crippen LogP contribution >= 0.6 is 12.4 Å². The fourth-order valence-corrected chi connectivity index (χ4v) is 1.57. The van der Waals surface area contributed by atoms with Gasteiger partial charge in [-0.2, -0.15) is 0 Å². The van der Waals surface area contributed by atoms with Crippen molar-refractivity contribution >= 4 is 18.2 Å². The lowest BCUT2D eigenvalue weighted by atomic mass is 10.1. The summed E-state index contributed by atoms with van der Waals surface area (Å²) in [4.78, 5) is 0. The number of rotatable bonds is 4. The van der Waals surface area contributed by atoms with Gasteiger partial charge < -0.3 is 10.5 Å². The van der Waals surface area contributed by atoms with E-state index in [-0.39, 0.29) is 18.2 Å². The average molecular weight is 263 g/mol. The van der Waals surface area contributed by atoms with Gasteiger partial charge in [0.05, 0.1) is 5.84 Å². The molecule has 0 atom stereocenters. The fraction of sp³-hybridized carbons (Fsp3) is 0.0714. The van der Waals surface area contributed by atoms with Gasteiger partial charge in [-0.25, -0.2) is 0 Å². The molecule has 0 aromatic heterocycles. The smallest absolute Gasteiger partial charge is 0.131 e. The highest BCUT2D eigenvalue weighted by atomic mass is 35.5. The van der Waals surface area contributed by atoms with E-state index >= 15 is 0 Å². The number of hydrogen-bond acceptors (Lipinski definition) is 2. The number of halogens is 1. The van der Waals surface area contributed by atoms with Gasteiger partial charge in [-0.1, -0.05) is 36.4 Å². The Morgan fingerprint density at radius 2 is 1.61 bits per heavy atom. The Hall–Kier alpha value is -2.00. The number of nitrogens with one attached hydrogen (secondary N) is 1. The lowest BCUT2D eigenvalue weighted by Gasteiger charge is -2.10. The Bertz CT molecular complexity index is 514. The Morgan fingerprint density at radius 1 is 1.00 bits per heavy atom. The summed E-state index contributed by atoms with van der Waals surface area (Å²) in [5.74, 6) is 1.66. The first-order chi connectivity index (χ1) is 8.25. The molecule has 0 saturated heterocycles. The molecule has 3 N–H and O–H groups in total. The molecule has 0 spiro atoms. The molecular weight excluding hydrogens is 248 g/mol. The average Bonchev–Trinajstić information content (AvgIpc) is 2.32. The third kappa shape index (κ3) is 3.79. The summed E-state index contributed by atoms with van der Waals surface area (Å²) in [6.07, 6.45) is 0.406. The van der Waals surface area contributed by atoms with E-state index in [1.54, 1.807) is 0 Å². The van der Waals surface area contributed by atoms with Gasteiger partial charge in [-0.15, -0.1) is 12.4 Å². The first kappa shape index (κ1) is 14.1. The van der Waals surface area contributed by atoms with E-state index in [2.05, 4.69) is 0 Å². The zero-order valence-corrected chi connectivity index (χ0v) is 10.6. The van der Waals surface area contributed by atoms with E-state index in [1.165, 1.54) is 0 Å². The standard InChI is InChI=1S/C14H14N2O.ClH/c15-14(16)10-11-6-4-5-9-13(11)17-12-7-2-1-3-8-12;/h1-9H,10H2,(H3,15,16);1H. The summed E-state index contributed by atoms with van der Waals surface area (Å²) < 4.78 is 5.76. The summed E-state index contributed by atoms with van der Waals surface area (Å²) in [7, 11) is 0. The quantitative estimate of drug-likeness (QED) is 0.655. The molecule has 3 nitrogen and oxygen atoms in total. The third-order valence-electron chi connectivity index (χ3n) is 2.32. The summed E-state index contributed by atoms with van der Waals surface area (Å²) in [5, 5.41) is 7.33. The molecule has 0 amide bonds. The minimum Gasteiger partial charge on any atom is -0.457 e. The largest absolute Gasteiger partial charge is 0.457 e. The second kappa shape index (κ2) is 6.67. The normalized spacial score (nSPS) is 9.33. The highest BCUT2D eigenvalue weighted by Gasteiger charge is 2.05. The molecule has 0 bridgehead atoms. The van der Waals surface area contributed by atoms with Crippen LogP contribution in [0.5, 0.6) is 11.5 Å². The monoisotopic (exact) mass is 262 g/mol. The van der Waals surface area contributed by atoms with Gasteiger partial charge in [0, 0.05) is 12.0 Å². The number of nitrogens with two attached hydrogens (primary N) is 1. The minimum absolute atomic E-state index is 0. The SMILES string of the molecule is Cl.N=C(N)Cc1ccccc1Oc1ccccc1. The topological polar surface area (TPSA) is 59.1 Å². The maximum absolute atomic E-state index is 7.33. The third-order valence-corrected chi connectivity index (χ3v) is 2.32. The molecule has 2 rings (SSSR count). The van der Waals surface area contributed by atoms with Crippen molar-refractivity contribution in [2.45, 2.75) is 6.42 Å². The van der Waals surface area contributed by atoms with E-state index < -0.39 is 0 Å². The summed E-state index contributed by atoms with van der Waals surface area (Å²) >= 11 is 0.